The Labute approximate surface area is 126 Å². The molecule has 1 aliphatic heterocycles. The van der Waals surface area contributed by atoms with Gasteiger partial charge in [0.1, 0.15) is 6.04 Å². The molecule has 0 spiro atoms. The lowest BCUT2D eigenvalue weighted by Crippen LogP contribution is -2.42. The SMILES string of the molecule is CNC(C(=O)O)C1CCN(c2ccc3c(c2)CCCC3)C1. The third-order valence-electron chi connectivity index (χ3n) is 4.97. The molecule has 0 saturated carbocycles. The predicted octanol–water partition coefficient (Wildman–Crippen LogP) is 2.06. The Bertz CT molecular complexity index is 530. The van der Waals surface area contributed by atoms with E-state index in [1.165, 1.54) is 42.5 Å². The van der Waals surface area contributed by atoms with Gasteiger partial charge in [0.2, 0.25) is 0 Å². The van der Waals surface area contributed by atoms with Crippen molar-refractivity contribution in [2.24, 2.45) is 5.92 Å². The highest BCUT2D eigenvalue weighted by atomic mass is 16.4. The number of rotatable bonds is 4. The smallest absolute Gasteiger partial charge is 0.321 e. The molecule has 0 amide bonds. The highest BCUT2D eigenvalue weighted by Crippen LogP contribution is 2.30. The summed E-state index contributed by atoms with van der Waals surface area (Å²) in [6, 6.07) is 6.37. The monoisotopic (exact) mass is 288 g/mol. The van der Waals surface area contributed by atoms with Gasteiger partial charge < -0.3 is 15.3 Å². The van der Waals surface area contributed by atoms with Gasteiger partial charge in [0.15, 0.2) is 0 Å². The summed E-state index contributed by atoms with van der Waals surface area (Å²) >= 11 is 0. The van der Waals surface area contributed by atoms with Gasteiger partial charge in [-0.2, -0.15) is 0 Å². The minimum Gasteiger partial charge on any atom is -0.480 e. The molecule has 1 aromatic carbocycles. The minimum atomic E-state index is -0.741. The van der Waals surface area contributed by atoms with Gasteiger partial charge in [0, 0.05) is 24.7 Å². The molecule has 1 heterocycles. The average Bonchev–Trinajstić information content (AvgIpc) is 2.96. The lowest BCUT2D eigenvalue weighted by atomic mass is 9.91. The third kappa shape index (κ3) is 2.91. The van der Waals surface area contributed by atoms with Crippen LogP contribution in [0.15, 0.2) is 18.2 Å². The number of fused-ring (bicyclic) bond motifs is 1. The molecule has 1 aliphatic carbocycles. The number of hydrogen-bond donors (Lipinski definition) is 2. The number of aliphatic carboxylic acids is 1. The van der Waals surface area contributed by atoms with Crippen LogP contribution in [0, 0.1) is 5.92 Å². The molecular weight excluding hydrogens is 264 g/mol. The summed E-state index contributed by atoms with van der Waals surface area (Å²) in [6.45, 7) is 1.78. The summed E-state index contributed by atoms with van der Waals surface area (Å²) in [6.07, 6.45) is 5.93. The fourth-order valence-corrected chi connectivity index (χ4v) is 3.77. The Hall–Kier alpha value is -1.55. The van der Waals surface area contributed by atoms with Crippen molar-refractivity contribution in [3.8, 4) is 0 Å². The van der Waals surface area contributed by atoms with Crippen LogP contribution in [0.2, 0.25) is 0 Å². The van der Waals surface area contributed by atoms with E-state index in [9.17, 15) is 9.90 Å². The molecule has 0 bridgehead atoms. The van der Waals surface area contributed by atoms with Gasteiger partial charge >= 0.3 is 5.97 Å². The fourth-order valence-electron chi connectivity index (χ4n) is 3.77. The van der Waals surface area contributed by atoms with Crippen LogP contribution in [0.3, 0.4) is 0 Å². The first-order chi connectivity index (χ1) is 10.2. The van der Waals surface area contributed by atoms with E-state index in [4.69, 9.17) is 0 Å². The number of nitrogens with zero attached hydrogens (tertiary/aromatic N) is 1. The Morgan fingerprint density at radius 2 is 2.10 bits per heavy atom. The first-order valence-electron chi connectivity index (χ1n) is 7.96. The number of carboxylic acids is 1. The van der Waals surface area contributed by atoms with E-state index in [1.54, 1.807) is 7.05 Å². The van der Waals surface area contributed by atoms with Crippen LogP contribution in [0.1, 0.15) is 30.4 Å². The highest BCUT2D eigenvalue weighted by molar-refractivity contribution is 5.74. The minimum absolute atomic E-state index is 0.184. The molecule has 0 aromatic heterocycles. The molecule has 4 nitrogen and oxygen atoms in total. The lowest BCUT2D eigenvalue weighted by molar-refractivity contribution is -0.140. The quantitative estimate of drug-likeness (QED) is 0.890. The Balaban J connectivity index is 1.72. The van der Waals surface area contributed by atoms with Crippen molar-refractivity contribution in [2.45, 2.75) is 38.1 Å². The van der Waals surface area contributed by atoms with E-state index in [1.807, 2.05) is 0 Å². The molecule has 2 atom stereocenters. The molecule has 1 aromatic rings. The summed E-state index contributed by atoms with van der Waals surface area (Å²) in [4.78, 5) is 13.6. The number of nitrogens with one attached hydrogen (secondary N) is 1. The van der Waals surface area contributed by atoms with Crippen molar-refractivity contribution in [3.05, 3.63) is 29.3 Å². The number of carboxylic acid groups (broad SMARTS) is 1. The third-order valence-corrected chi connectivity index (χ3v) is 4.97. The number of benzene rings is 1. The van der Waals surface area contributed by atoms with Gasteiger partial charge in [-0.15, -0.1) is 0 Å². The summed E-state index contributed by atoms with van der Waals surface area (Å²) in [7, 11) is 1.74. The normalized spacial score (nSPS) is 22.9. The summed E-state index contributed by atoms with van der Waals surface area (Å²) < 4.78 is 0. The standard InChI is InChI=1S/C17H24N2O2/c1-18-16(17(20)21)14-8-9-19(11-14)15-7-6-12-4-2-3-5-13(12)10-15/h6-7,10,14,16,18H,2-5,8-9,11H2,1H3,(H,20,21). The number of aryl methyl sites for hydroxylation is 2. The van der Waals surface area contributed by atoms with Crippen molar-refractivity contribution in [1.29, 1.82) is 0 Å². The molecular formula is C17H24N2O2. The van der Waals surface area contributed by atoms with Crippen LogP contribution in [-0.2, 0) is 17.6 Å². The summed E-state index contributed by atoms with van der Waals surface area (Å²) in [5.41, 5.74) is 4.25. The van der Waals surface area contributed by atoms with Crippen LogP contribution in [0.4, 0.5) is 5.69 Å². The van der Waals surface area contributed by atoms with Gasteiger partial charge in [0.25, 0.3) is 0 Å². The second-order valence-electron chi connectivity index (χ2n) is 6.26. The number of carbonyl (C=O) groups is 1. The van der Waals surface area contributed by atoms with Gasteiger partial charge in [-0.25, -0.2) is 0 Å². The maximum Gasteiger partial charge on any atom is 0.321 e. The fraction of sp³-hybridized carbons (Fsp3) is 0.588. The highest BCUT2D eigenvalue weighted by Gasteiger charge is 2.33. The van der Waals surface area contributed by atoms with E-state index >= 15 is 0 Å². The second kappa shape index (κ2) is 6.06. The maximum absolute atomic E-state index is 11.3. The predicted molar refractivity (Wildman–Crippen MR) is 83.9 cm³/mol. The van der Waals surface area contributed by atoms with E-state index < -0.39 is 12.0 Å². The molecule has 4 heteroatoms. The molecule has 2 unspecified atom stereocenters. The Morgan fingerprint density at radius 1 is 1.33 bits per heavy atom. The van der Waals surface area contributed by atoms with E-state index in [0.29, 0.717) is 0 Å². The van der Waals surface area contributed by atoms with Crippen molar-refractivity contribution in [2.75, 3.05) is 25.0 Å². The van der Waals surface area contributed by atoms with E-state index in [2.05, 4.69) is 28.4 Å². The second-order valence-corrected chi connectivity index (χ2v) is 6.26. The Kier molecular flexibility index (Phi) is 4.15. The van der Waals surface area contributed by atoms with Crippen LogP contribution < -0.4 is 10.2 Å². The van der Waals surface area contributed by atoms with E-state index in [-0.39, 0.29) is 5.92 Å². The zero-order valence-corrected chi connectivity index (χ0v) is 12.6. The van der Waals surface area contributed by atoms with Gasteiger partial charge in [-0.3, -0.25) is 4.79 Å². The first-order valence-corrected chi connectivity index (χ1v) is 7.96. The molecule has 0 radical (unpaired) electrons. The molecule has 2 N–H and O–H groups in total. The van der Waals surface area contributed by atoms with Crippen molar-refractivity contribution >= 4 is 11.7 Å². The summed E-state index contributed by atoms with van der Waals surface area (Å²) in [5.74, 6) is -0.557. The van der Waals surface area contributed by atoms with Crippen LogP contribution >= 0.6 is 0 Å². The largest absolute Gasteiger partial charge is 0.480 e. The number of anilines is 1. The van der Waals surface area contributed by atoms with Crippen molar-refractivity contribution < 1.29 is 9.90 Å². The number of hydrogen-bond acceptors (Lipinski definition) is 3. The zero-order chi connectivity index (χ0) is 14.8. The van der Waals surface area contributed by atoms with Crippen molar-refractivity contribution in [1.82, 2.24) is 5.32 Å². The van der Waals surface area contributed by atoms with Gasteiger partial charge in [-0.05, 0) is 62.4 Å². The molecule has 1 saturated heterocycles. The van der Waals surface area contributed by atoms with Gasteiger partial charge in [-0.1, -0.05) is 6.07 Å². The lowest BCUT2D eigenvalue weighted by Gasteiger charge is -2.24. The van der Waals surface area contributed by atoms with Gasteiger partial charge in [0.05, 0.1) is 0 Å². The summed E-state index contributed by atoms with van der Waals surface area (Å²) in [5, 5.41) is 12.2. The van der Waals surface area contributed by atoms with Crippen LogP contribution in [-0.4, -0.2) is 37.3 Å². The maximum atomic E-state index is 11.3. The average molecular weight is 288 g/mol. The Morgan fingerprint density at radius 3 is 2.81 bits per heavy atom. The van der Waals surface area contributed by atoms with Crippen LogP contribution in [0.25, 0.3) is 0 Å². The molecule has 3 rings (SSSR count). The molecule has 1 fully saturated rings. The molecule has 114 valence electrons. The molecule has 21 heavy (non-hydrogen) atoms. The number of likely N-dealkylation sites (N-methyl/N-ethyl adjacent to an activating group) is 1. The molecule has 2 aliphatic rings. The van der Waals surface area contributed by atoms with E-state index in [0.717, 1.165) is 19.5 Å². The topological polar surface area (TPSA) is 52.6 Å². The van der Waals surface area contributed by atoms with Crippen molar-refractivity contribution in [3.63, 3.8) is 0 Å². The zero-order valence-electron chi connectivity index (χ0n) is 12.6. The van der Waals surface area contributed by atoms with Crippen LogP contribution in [0.5, 0.6) is 0 Å². The first kappa shape index (κ1) is 14.4.